The van der Waals surface area contributed by atoms with Crippen molar-refractivity contribution in [1.82, 2.24) is 0 Å². The monoisotopic (exact) mass is 248 g/mol. The summed E-state index contributed by atoms with van der Waals surface area (Å²) in [5.41, 5.74) is 0.625. The van der Waals surface area contributed by atoms with Gasteiger partial charge < -0.3 is 9.47 Å². The zero-order valence-corrected chi connectivity index (χ0v) is 10.9. The second kappa shape index (κ2) is 6.43. The lowest BCUT2D eigenvalue weighted by atomic mass is 10.2. The second-order valence-corrected chi connectivity index (χ2v) is 4.78. The van der Waals surface area contributed by atoms with Crippen LogP contribution in [0.15, 0.2) is 18.2 Å². The van der Waals surface area contributed by atoms with Crippen molar-refractivity contribution in [3.63, 3.8) is 0 Å². The number of unbranched alkanes of at least 4 members (excludes halogenated alkanes) is 1. The van der Waals surface area contributed by atoms with E-state index in [1.54, 1.807) is 12.1 Å². The minimum absolute atomic E-state index is 0.625. The Morgan fingerprint density at radius 2 is 2.11 bits per heavy atom. The summed E-state index contributed by atoms with van der Waals surface area (Å²) in [5, 5.41) is 0. The largest absolute Gasteiger partial charge is 0.490 e. The van der Waals surface area contributed by atoms with Crippen LogP contribution in [-0.4, -0.2) is 19.5 Å². The maximum atomic E-state index is 10.8. The lowest BCUT2D eigenvalue weighted by molar-refractivity contribution is 0.112. The number of carbonyl (C=O) groups excluding carboxylic acids is 1. The normalized spacial score (nSPS) is 14.3. The molecule has 0 heterocycles. The average molecular weight is 248 g/mol. The molecule has 0 bridgehead atoms. The van der Waals surface area contributed by atoms with Crippen molar-refractivity contribution in [3.05, 3.63) is 23.8 Å². The minimum atomic E-state index is 0.625. The van der Waals surface area contributed by atoms with Gasteiger partial charge in [-0.25, -0.2) is 0 Å². The van der Waals surface area contributed by atoms with Crippen molar-refractivity contribution in [1.29, 1.82) is 0 Å². The van der Waals surface area contributed by atoms with Crippen LogP contribution in [0.5, 0.6) is 11.5 Å². The van der Waals surface area contributed by atoms with Gasteiger partial charge in [-0.3, -0.25) is 4.79 Å². The zero-order valence-electron chi connectivity index (χ0n) is 10.9. The quantitative estimate of drug-likeness (QED) is 0.522. The molecule has 0 unspecified atom stereocenters. The van der Waals surface area contributed by atoms with Crippen LogP contribution in [-0.2, 0) is 0 Å². The van der Waals surface area contributed by atoms with E-state index in [2.05, 4.69) is 6.92 Å². The molecular weight excluding hydrogens is 228 g/mol. The highest BCUT2D eigenvalue weighted by molar-refractivity contribution is 5.76. The predicted molar refractivity (Wildman–Crippen MR) is 70.5 cm³/mol. The molecular formula is C15H20O3. The number of aldehydes is 1. The van der Waals surface area contributed by atoms with E-state index < -0.39 is 0 Å². The van der Waals surface area contributed by atoms with E-state index in [4.69, 9.17) is 9.47 Å². The van der Waals surface area contributed by atoms with Crippen molar-refractivity contribution < 1.29 is 14.3 Å². The molecule has 0 spiro atoms. The highest BCUT2D eigenvalue weighted by Crippen LogP contribution is 2.33. The molecule has 0 atom stereocenters. The molecule has 0 aliphatic heterocycles. The van der Waals surface area contributed by atoms with E-state index in [0.717, 1.165) is 31.5 Å². The smallest absolute Gasteiger partial charge is 0.161 e. The number of benzene rings is 1. The van der Waals surface area contributed by atoms with Crippen LogP contribution in [0, 0.1) is 5.92 Å². The summed E-state index contributed by atoms with van der Waals surface area (Å²) in [7, 11) is 0. The third-order valence-corrected chi connectivity index (χ3v) is 3.03. The van der Waals surface area contributed by atoms with Gasteiger partial charge in [-0.2, -0.15) is 0 Å². The van der Waals surface area contributed by atoms with E-state index in [1.807, 2.05) is 6.07 Å². The third-order valence-electron chi connectivity index (χ3n) is 3.03. The number of hydrogen-bond acceptors (Lipinski definition) is 3. The fraction of sp³-hybridized carbons (Fsp3) is 0.533. The van der Waals surface area contributed by atoms with E-state index in [1.165, 1.54) is 12.8 Å². The highest BCUT2D eigenvalue weighted by Gasteiger charge is 2.22. The standard InChI is InChI=1S/C15H20O3/c1-2-3-8-17-15-9-13(10-16)6-7-14(15)18-11-12-4-5-12/h6-7,9-10,12H,2-5,8,11H2,1H3. The minimum Gasteiger partial charge on any atom is -0.490 e. The van der Waals surface area contributed by atoms with Gasteiger partial charge in [-0.15, -0.1) is 0 Å². The molecule has 1 aromatic rings. The summed E-state index contributed by atoms with van der Waals surface area (Å²) in [6.45, 7) is 3.54. The third kappa shape index (κ3) is 3.76. The van der Waals surface area contributed by atoms with E-state index in [0.29, 0.717) is 23.8 Å². The lowest BCUT2D eigenvalue weighted by Gasteiger charge is -2.12. The number of hydrogen-bond donors (Lipinski definition) is 0. The Bertz CT molecular complexity index is 397. The van der Waals surface area contributed by atoms with Gasteiger partial charge in [0.25, 0.3) is 0 Å². The van der Waals surface area contributed by atoms with Crippen LogP contribution in [0.4, 0.5) is 0 Å². The van der Waals surface area contributed by atoms with Gasteiger partial charge in [-0.1, -0.05) is 13.3 Å². The van der Waals surface area contributed by atoms with Crippen molar-refractivity contribution in [2.24, 2.45) is 5.92 Å². The van der Waals surface area contributed by atoms with Gasteiger partial charge >= 0.3 is 0 Å². The van der Waals surface area contributed by atoms with Gasteiger partial charge in [0.15, 0.2) is 11.5 Å². The first-order valence-electron chi connectivity index (χ1n) is 6.68. The van der Waals surface area contributed by atoms with Crippen molar-refractivity contribution >= 4 is 6.29 Å². The first kappa shape index (κ1) is 12.9. The van der Waals surface area contributed by atoms with Crippen molar-refractivity contribution in [2.45, 2.75) is 32.6 Å². The summed E-state index contributed by atoms with van der Waals surface area (Å²) in [6.07, 6.45) is 5.45. The fourth-order valence-electron chi connectivity index (χ4n) is 1.65. The Kier molecular flexibility index (Phi) is 4.62. The Balaban J connectivity index is 2.01. The molecule has 0 amide bonds. The van der Waals surface area contributed by atoms with Gasteiger partial charge in [0.1, 0.15) is 6.29 Å². The molecule has 0 aromatic heterocycles. The molecule has 0 N–H and O–H groups in total. The Labute approximate surface area is 108 Å². The van der Waals surface area contributed by atoms with Crippen LogP contribution in [0.25, 0.3) is 0 Å². The summed E-state index contributed by atoms with van der Waals surface area (Å²) in [6, 6.07) is 5.35. The summed E-state index contributed by atoms with van der Waals surface area (Å²) in [4.78, 5) is 10.8. The van der Waals surface area contributed by atoms with E-state index in [9.17, 15) is 4.79 Å². The topological polar surface area (TPSA) is 35.5 Å². The van der Waals surface area contributed by atoms with Gasteiger partial charge in [0.2, 0.25) is 0 Å². The van der Waals surface area contributed by atoms with Gasteiger partial charge in [0, 0.05) is 5.56 Å². The SMILES string of the molecule is CCCCOc1cc(C=O)ccc1OCC1CC1. The lowest BCUT2D eigenvalue weighted by Crippen LogP contribution is -2.03. The zero-order chi connectivity index (χ0) is 12.8. The number of rotatable bonds is 8. The van der Waals surface area contributed by atoms with Crippen LogP contribution in [0.1, 0.15) is 43.0 Å². The summed E-state index contributed by atoms with van der Waals surface area (Å²) >= 11 is 0. The molecule has 98 valence electrons. The van der Waals surface area contributed by atoms with Crippen molar-refractivity contribution in [3.8, 4) is 11.5 Å². The Hall–Kier alpha value is -1.51. The number of carbonyl (C=O) groups is 1. The van der Waals surface area contributed by atoms with Gasteiger partial charge in [-0.05, 0) is 43.4 Å². The summed E-state index contributed by atoms with van der Waals surface area (Å²) in [5.74, 6) is 2.15. The van der Waals surface area contributed by atoms with Crippen LogP contribution < -0.4 is 9.47 Å². The second-order valence-electron chi connectivity index (χ2n) is 4.78. The Morgan fingerprint density at radius 1 is 1.28 bits per heavy atom. The predicted octanol–water partition coefficient (Wildman–Crippen LogP) is 3.47. The Morgan fingerprint density at radius 3 is 2.78 bits per heavy atom. The molecule has 1 aliphatic carbocycles. The highest BCUT2D eigenvalue weighted by atomic mass is 16.5. The molecule has 1 saturated carbocycles. The number of ether oxygens (including phenoxy) is 2. The van der Waals surface area contributed by atoms with Crippen LogP contribution in [0.2, 0.25) is 0 Å². The van der Waals surface area contributed by atoms with Crippen LogP contribution in [0.3, 0.4) is 0 Å². The maximum absolute atomic E-state index is 10.8. The molecule has 1 aliphatic rings. The molecule has 2 rings (SSSR count). The molecule has 0 radical (unpaired) electrons. The fourth-order valence-corrected chi connectivity index (χ4v) is 1.65. The first-order chi connectivity index (χ1) is 8.83. The van der Waals surface area contributed by atoms with E-state index >= 15 is 0 Å². The average Bonchev–Trinajstić information content (AvgIpc) is 3.21. The molecule has 0 saturated heterocycles. The molecule has 1 fully saturated rings. The molecule has 18 heavy (non-hydrogen) atoms. The molecule has 3 nitrogen and oxygen atoms in total. The first-order valence-corrected chi connectivity index (χ1v) is 6.68. The molecule has 3 heteroatoms. The summed E-state index contributed by atoms with van der Waals surface area (Å²) < 4.78 is 11.4. The van der Waals surface area contributed by atoms with Crippen LogP contribution >= 0.6 is 0 Å². The van der Waals surface area contributed by atoms with E-state index in [-0.39, 0.29) is 0 Å². The molecule has 1 aromatic carbocycles. The maximum Gasteiger partial charge on any atom is 0.161 e. The van der Waals surface area contributed by atoms with Gasteiger partial charge in [0.05, 0.1) is 13.2 Å². The van der Waals surface area contributed by atoms with Crippen molar-refractivity contribution in [2.75, 3.05) is 13.2 Å².